The smallest absolute Gasteiger partial charge is 0.352 e. The summed E-state index contributed by atoms with van der Waals surface area (Å²) in [7, 11) is 2.78. The number of benzene rings is 1. The van der Waals surface area contributed by atoms with E-state index in [2.05, 4.69) is 10.3 Å². The highest BCUT2D eigenvalue weighted by Crippen LogP contribution is 2.57. The lowest BCUT2D eigenvalue weighted by Gasteiger charge is -2.32. The Hall–Kier alpha value is -2.59. The number of fused-ring (bicyclic) bond motifs is 1. The number of anilines is 1. The van der Waals surface area contributed by atoms with Gasteiger partial charge >= 0.3 is 5.92 Å². The quantitative estimate of drug-likeness (QED) is 0.605. The summed E-state index contributed by atoms with van der Waals surface area (Å²) in [5.74, 6) is -7.02. The van der Waals surface area contributed by atoms with E-state index in [1.54, 1.807) is 11.6 Å². The molecule has 0 bridgehead atoms. The van der Waals surface area contributed by atoms with E-state index in [0.717, 1.165) is 13.1 Å². The molecule has 2 aliphatic carbocycles. The Labute approximate surface area is 193 Å². The number of aliphatic hydroxyl groups is 1. The van der Waals surface area contributed by atoms with Crippen LogP contribution in [-0.4, -0.2) is 45.0 Å². The molecule has 2 fully saturated rings. The van der Waals surface area contributed by atoms with Gasteiger partial charge < -0.3 is 20.3 Å². The first kappa shape index (κ1) is 23.6. The van der Waals surface area contributed by atoms with Crippen molar-refractivity contribution in [2.24, 2.45) is 18.9 Å². The van der Waals surface area contributed by atoms with Crippen molar-refractivity contribution in [1.82, 2.24) is 14.9 Å². The SMILES string of the molecule is CNC(=O)C(F)(F)C1(O)CC2CC(c3ncn(C)c3C(=O)Nc3ccc(F)c(Cl)c3)CC2C1. The van der Waals surface area contributed by atoms with Gasteiger partial charge in [-0.1, -0.05) is 11.6 Å². The second-order valence-corrected chi connectivity index (χ2v) is 9.36. The van der Waals surface area contributed by atoms with E-state index < -0.39 is 29.2 Å². The number of alkyl halides is 2. The van der Waals surface area contributed by atoms with Crippen LogP contribution in [0.3, 0.4) is 0 Å². The number of carbonyl (C=O) groups is 2. The lowest BCUT2D eigenvalue weighted by Crippen LogP contribution is -2.55. The summed E-state index contributed by atoms with van der Waals surface area (Å²) in [6, 6.07) is 3.84. The van der Waals surface area contributed by atoms with Crippen LogP contribution in [0.2, 0.25) is 5.02 Å². The van der Waals surface area contributed by atoms with Crippen LogP contribution in [-0.2, 0) is 11.8 Å². The Balaban J connectivity index is 1.50. The minimum Gasteiger partial charge on any atom is -0.383 e. The van der Waals surface area contributed by atoms with Crippen molar-refractivity contribution in [1.29, 1.82) is 0 Å². The van der Waals surface area contributed by atoms with Crippen molar-refractivity contribution in [3.63, 3.8) is 0 Å². The molecule has 0 spiro atoms. The normalized spacial score (nSPS) is 26.8. The molecule has 3 N–H and O–H groups in total. The number of halogens is 4. The minimum absolute atomic E-state index is 0.123. The summed E-state index contributed by atoms with van der Waals surface area (Å²) in [6.07, 6.45) is 2.05. The summed E-state index contributed by atoms with van der Waals surface area (Å²) < 4.78 is 44.0. The maximum atomic E-state index is 14.5. The predicted octanol–water partition coefficient (Wildman–Crippen LogP) is 3.48. The zero-order chi connectivity index (χ0) is 24.1. The van der Waals surface area contributed by atoms with Crippen molar-refractivity contribution in [3.8, 4) is 0 Å². The molecule has 4 rings (SSSR count). The first-order chi connectivity index (χ1) is 15.5. The van der Waals surface area contributed by atoms with E-state index in [4.69, 9.17) is 11.6 Å². The van der Waals surface area contributed by atoms with Gasteiger partial charge in [0, 0.05) is 25.7 Å². The van der Waals surface area contributed by atoms with Gasteiger partial charge in [-0.25, -0.2) is 9.37 Å². The van der Waals surface area contributed by atoms with Gasteiger partial charge in [0.2, 0.25) is 0 Å². The van der Waals surface area contributed by atoms with Crippen molar-refractivity contribution in [2.45, 2.75) is 43.1 Å². The second kappa shape index (κ2) is 8.32. The van der Waals surface area contributed by atoms with E-state index in [0.29, 0.717) is 29.9 Å². The highest BCUT2D eigenvalue weighted by molar-refractivity contribution is 6.31. The number of rotatable bonds is 5. The molecule has 2 aliphatic rings. The Morgan fingerprint density at radius 2 is 1.91 bits per heavy atom. The summed E-state index contributed by atoms with van der Waals surface area (Å²) in [5.41, 5.74) is -1.21. The van der Waals surface area contributed by atoms with E-state index in [1.165, 1.54) is 18.5 Å². The fraction of sp³-hybridized carbons (Fsp3) is 0.500. The third-order valence-electron chi connectivity index (χ3n) is 6.88. The molecule has 2 saturated carbocycles. The van der Waals surface area contributed by atoms with Crippen molar-refractivity contribution in [3.05, 3.63) is 46.8 Å². The van der Waals surface area contributed by atoms with E-state index >= 15 is 0 Å². The number of aryl methyl sites for hydroxylation is 1. The molecule has 1 aromatic carbocycles. The zero-order valence-corrected chi connectivity index (χ0v) is 18.8. The van der Waals surface area contributed by atoms with Crippen LogP contribution in [0.4, 0.5) is 18.9 Å². The highest BCUT2D eigenvalue weighted by Gasteiger charge is 2.64. The molecule has 0 saturated heterocycles. The molecule has 1 heterocycles. The molecule has 33 heavy (non-hydrogen) atoms. The van der Waals surface area contributed by atoms with Gasteiger partial charge in [0.05, 0.1) is 17.0 Å². The molecule has 0 aliphatic heterocycles. The number of carbonyl (C=O) groups excluding carboxylic acids is 2. The number of hydrogen-bond acceptors (Lipinski definition) is 4. The van der Waals surface area contributed by atoms with Crippen LogP contribution in [0, 0.1) is 17.7 Å². The summed E-state index contributed by atoms with van der Waals surface area (Å²) in [5, 5.41) is 15.1. The first-order valence-electron chi connectivity index (χ1n) is 10.6. The van der Waals surface area contributed by atoms with Crippen molar-refractivity contribution < 1.29 is 27.9 Å². The summed E-state index contributed by atoms with van der Waals surface area (Å²) in [4.78, 5) is 29.0. The molecular weight excluding hydrogens is 461 g/mol. The van der Waals surface area contributed by atoms with Crippen LogP contribution < -0.4 is 10.6 Å². The monoisotopic (exact) mass is 484 g/mol. The zero-order valence-electron chi connectivity index (χ0n) is 18.0. The molecule has 2 atom stereocenters. The van der Waals surface area contributed by atoms with Gasteiger partial charge in [0.25, 0.3) is 11.8 Å². The highest BCUT2D eigenvalue weighted by atomic mass is 35.5. The minimum atomic E-state index is -3.88. The second-order valence-electron chi connectivity index (χ2n) is 8.95. The van der Waals surface area contributed by atoms with Gasteiger partial charge in [-0.15, -0.1) is 0 Å². The Morgan fingerprint density at radius 1 is 1.27 bits per heavy atom. The van der Waals surface area contributed by atoms with Crippen LogP contribution in [0.5, 0.6) is 0 Å². The lowest BCUT2D eigenvalue weighted by molar-refractivity contribution is -0.192. The fourth-order valence-corrected chi connectivity index (χ4v) is 5.48. The number of amides is 2. The Bertz CT molecular complexity index is 1090. The average molecular weight is 485 g/mol. The molecule has 178 valence electrons. The van der Waals surface area contributed by atoms with Gasteiger partial charge in [0.15, 0.2) is 0 Å². The van der Waals surface area contributed by atoms with E-state index in [-0.39, 0.29) is 35.6 Å². The largest absolute Gasteiger partial charge is 0.383 e. The number of aromatic nitrogens is 2. The molecular formula is C22H24ClF3N4O3. The van der Waals surface area contributed by atoms with Crippen molar-refractivity contribution >= 4 is 29.1 Å². The number of nitrogens with zero attached hydrogens (tertiary/aromatic N) is 2. The van der Waals surface area contributed by atoms with Gasteiger partial charge in [0.1, 0.15) is 17.1 Å². The third-order valence-corrected chi connectivity index (χ3v) is 7.17. The topological polar surface area (TPSA) is 96.2 Å². The predicted molar refractivity (Wildman–Crippen MR) is 115 cm³/mol. The van der Waals surface area contributed by atoms with Crippen LogP contribution in [0.15, 0.2) is 24.5 Å². The number of imidazole rings is 1. The summed E-state index contributed by atoms with van der Waals surface area (Å²) >= 11 is 5.78. The summed E-state index contributed by atoms with van der Waals surface area (Å²) in [6.45, 7) is 0. The van der Waals surface area contributed by atoms with Crippen LogP contribution in [0.25, 0.3) is 0 Å². The van der Waals surface area contributed by atoms with Gasteiger partial charge in [-0.2, -0.15) is 8.78 Å². The number of hydrogen-bond donors (Lipinski definition) is 3. The van der Waals surface area contributed by atoms with E-state index in [9.17, 15) is 27.9 Å². The molecule has 0 radical (unpaired) electrons. The molecule has 7 nitrogen and oxygen atoms in total. The van der Waals surface area contributed by atoms with Crippen LogP contribution >= 0.6 is 11.6 Å². The van der Waals surface area contributed by atoms with Gasteiger partial charge in [-0.05, 0) is 55.7 Å². The molecule has 1 aromatic heterocycles. The molecule has 2 amide bonds. The number of nitrogens with one attached hydrogen (secondary N) is 2. The third kappa shape index (κ3) is 3.99. The Morgan fingerprint density at radius 3 is 2.48 bits per heavy atom. The lowest BCUT2D eigenvalue weighted by atomic mass is 9.87. The molecule has 2 aromatic rings. The maximum Gasteiger partial charge on any atom is 0.352 e. The van der Waals surface area contributed by atoms with Gasteiger partial charge in [-0.3, -0.25) is 9.59 Å². The van der Waals surface area contributed by atoms with Crippen LogP contribution in [0.1, 0.15) is 47.8 Å². The Kier molecular flexibility index (Phi) is 5.94. The fourth-order valence-electron chi connectivity index (χ4n) is 5.30. The maximum absolute atomic E-state index is 14.5. The average Bonchev–Trinajstić information content (AvgIpc) is 3.41. The first-order valence-corrected chi connectivity index (χ1v) is 10.9. The standard InChI is InChI=1S/C22H24ClF3N4O3/c1-27-20(32)22(25,26)21(33)8-12-5-11(6-13(12)9-21)17-18(30(2)10-28-17)19(31)29-14-3-4-16(24)15(23)7-14/h3-4,7,10-13,33H,5-6,8-9H2,1-2H3,(H,27,32)(H,29,31). The molecule has 2 unspecified atom stereocenters. The molecule has 11 heteroatoms. The van der Waals surface area contributed by atoms with E-state index in [1.807, 2.05) is 5.32 Å². The van der Waals surface area contributed by atoms with Crippen molar-refractivity contribution in [2.75, 3.05) is 12.4 Å².